The first-order valence-electron chi connectivity index (χ1n) is 6.41. The number of amides is 1. The fourth-order valence-corrected chi connectivity index (χ4v) is 2.73. The van der Waals surface area contributed by atoms with Crippen LogP contribution >= 0.6 is 0 Å². The first-order valence-corrected chi connectivity index (χ1v) is 6.41. The first kappa shape index (κ1) is 12.9. The Morgan fingerprint density at radius 3 is 2.78 bits per heavy atom. The molecule has 0 bridgehead atoms. The van der Waals surface area contributed by atoms with Crippen molar-refractivity contribution in [1.82, 2.24) is 9.88 Å². The van der Waals surface area contributed by atoms with Gasteiger partial charge in [-0.2, -0.15) is 0 Å². The van der Waals surface area contributed by atoms with Crippen molar-refractivity contribution in [2.24, 2.45) is 0 Å². The molecule has 18 heavy (non-hydrogen) atoms. The summed E-state index contributed by atoms with van der Waals surface area (Å²) in [4.78, 5) is 20.1. The number of aromatic nitrogens is 1. The third-order valence-electron chi connectivity index (χ3n) is 3.54. The van der Waals surface area contributed by atoms with Crippen LogP contribution in [0.15, 0.2) is 12.3 Å². The fraction of sp³-hybridized carbons (Fsp3) is 0.571. The van der Waals surface area contributed by atoms with Crippen LogP contribution in [0.25, 0.3) is 0 Å². The van der Waals surface area contributed by atoms with Crippen molar-refractivity contribution in [3.63, 3.8) is 0 Å². The van der Waals surface area contributed by atoms with Crippen molar-refractivity contribution in [2.75, 3.05) is 25.5 Å². The van der Waals surface area contributed by atoms with E-state index in [1.54, 1.807) is 6.92 Å². The Morgan fingerprint density at radius 1 is 1.50 bits per heavy atom. The van der Waals surface area contributed by atoms with Crippen LogP contribution in [0.1, 0.15) is 36.9 Å². The highest BCUT2D eigenvalue weighted by molar-refractivity contribution is 5.74. The van der Waals surface area contributed by atoms with E-state index < -0.39 is 0 Å². The van der Waals surface area contributed by atoms with Gasteiger partial charge in [-0.3, -0.25) is 4.79 Å². The second kappa shape index (κ2) is 4.96. The number of carbonyl (C=O) groups is 1. The monoisotopic (exact) mass is 247 g/mol. The van der Waals surface area contributed by atoms with Gasteiger partial charge in [0.1, 0.15) is 5.82 Å². The van der Waals surface area contributed by atoms with Crippen LogP contribution in [0.3, 0.4) is 0 Å². The molecule has 4 heteroatoms. The van der Waals surface area contributed by atoms with Crippen LogP contribution in [0.5, 0.6) is 0 Å². The standard InChI is InChI=1S/C14H21N3O/c1-10-8-12(9-15-14(10)16(3)4)13-6-5-7-17(13)11(2)18/h8-9,13H,5-7H2,1-4H3. The van der Waals surface area contributed by atoms with Crippen LogP contribution in [-0.2, 0) is 4.79 Å². The molecule has 1 atom stereocenters. The van der Waals surface area contributed by atoms with Crippen molar-refractivity contribution in [3.05, 3.63) is 23.4 Å². The minimum atomic E-state index is 0.159. The summed E-state index contributed by atoms with van der Waals surface area (Å²) in [5.74, 6) is 1.15. The van der Waals surface area contributed by atoms with Gasteiger partial charge in [-0.1, -0.05) is 0 Å². The molecular weight excluding hydrogens is 226 g/mol. The number of hydrogen-bond donors (Lipinski definition) is 0. The van der Waals surface area contributed by atoms with Gasteiger partial charge in [0.25, 0.3) is 0 Å². The van der Waals surface area contributed by atoms with E-state index >= 15 is 0 Å². The number of nitrogens with zero attached hydrogens (tertiary/aromatic N) is 3. The minimum absolute atomic E-state index is 0.159. The molecule has 1 saturated heterocycles. The molecule has 0 aromatic carbocycles. The Balaban J connectivity index is 2.29. The normalized spacial score (nSPS) is 19.1. The minimum Gasteiger partial charge on any atom is -0.363 e. The van der Waals surface area contributed by atoms with Gasteiger partial charge in [0.15, 0.2) is 0 Å². The van der Waals surface area contributed by atoms with E-state index in [-0.39, 0.29) is 11.9 Å². The zero-order valence-electron chi connectivity index (χ0n) is 11.6. The molecule has 1 amide bonds. The second-order valence-corrected chi connectivity index (χ2v) is 5.17. The zero-order valence-corrected chi connectivity index (χ0v) is 11.6. The van der Waals surface area contributed by atoms with E-state index in [2.05, 4.69) is 18.0 Å². The number of carbonyl (C=O) groups excluding carboxylic acids is 1. The van der Waals surface area contributed by atoms with Crippen LogP contribution in [0.4, 0.5) is 5.82 Å². The topological polar surface area (TPSA) is 36.4 Å². The third-order valence-corrected chi connectivity index (χ3v) is 3.54. The average molecular weight is 247 g/mol. The summed E-state index contributed by atoms with van der Waals surface area (Å²) in [5.41, 5.74) is 2.32. The predicted octanol–water partition coefficient (Wildman–Crippen LogP) is 2.14. The number of hydrogen-bond acceptors (Lipinski definition) is 3. The maximum atomic E-state index is 11.6. The molecule has 1 unspecified atom stereocenters. The highest BCUT2D eigenvalue weighted by atomic mass is 16.2. The van der Waals surface area contributed by atoms with Crippen molar-refractivity contribution in [1.29, 1.82) is 0 Å². The molecule has 1 fully saturated rings. The van der Waals surface area contributed by atoms with Gasteiger partial charge in [-0.15, -0.1) is 0 Å². The Morgan fingerprint density at radius 2 is 2.22 bits per heavy atom. The Kier molecular flexibility index (Phi) is 3.55. The summed E-state index contributed by atoms with van der Waals surface area (Å²) in [6.07, 6.45) is 4.04. The Labute approximate surface area is 109 Å². The van der Waals surface area contributed by atoms with E-state index in [4.69, 9.17) is 0 Å². The number of anilines is 1. The Bertz CT molecular complexity index is 456. The fourth-order valence-electron chi connectivity index (χ4n) is 2.73. The lowest BCUT2D eigenvalue weighted by Crippen LogP contribution is -2.28. The largest absolute Gasteiger partial charge is 0.363 e. The molecule has 1 aromatic rings. The van der Waals surface area contributed by atoms with Gasteiger partial charge >= 0.3 is 0 Å². The lowest BCUT2D eigenvalue weighted by molar-refractivity contribution is -0.129. The smallest absolute Gasteiger partial charge is 0.219 e. The van der Waals surface area contributed by atoms with E-state index in [1.807, 2.05) is 30.1 Å². The molecule has 1 aliphatic heterocycles. The molecule has 4 nitrogen and oxygen atoms in total. The van der Waals surface area contributed by atoms with Crippen LogP contribution in [0.2, 0.25) is 0 Å². The highest BCUT2D eigenvalue weighted by Gasteiger charge is 2.28. The van der Waals surface area contributed by atoms with E-state index in [0.717, 1.165) is 36.3 Å². The average Bonchev–Trinajstić information content (AvgIpc) is 2.77. The maximum Gasteiger partial charge on any atom is 0.219 e. The van der Waals surface area contributed by atoms with Crippen molar-refractivity contribution in [2.45, 2.75) is 32.7 Å². The van der Waals surface area contributed by atoms with Gasteiger partial charge in [0.05, 0.1) is 6.04 Å². The van der Waals surface area contributed by atoms with Gasteiger partial charge in [0.2, 0.25) is 5.91 Å². The van der Waals surface area contributed by atoms with Crippen molar-refractivity contribution in [3.8, 4) is 0 Å². The summed E-state index contributed by atoms with van der Waals surface area (Å²) in [5, 5.41) is 0. The van der Waals surface area contributed by atoms with Gasteiger partial charge in [-0.25, -0.2) is 4.98 Å². The molecule has 0 radical (unpaired) electrons. The second-order valence-electron chi connectivity index (χ2n) is 5.17. The summed E-state index contributed by atoms with van der Waals surface area (Å²) in [6, 6.07) is 2.37. The molecule has 1 aliphatic rings. The van der Waals surface area contributed by atoms with E-state index in [9.17, 15) is 4.79 Å². The SMILES string of the molecule is CC(=O)N1CCCC1c1cnc(N(C)C)c(C)c1. The van der Waals surface area contributed by atoms with Gasteiger partial charge in [0, 0.05) is 33.8 Å². The number of likely N-dealkylation sites (tertiary alicyclic amines) is 1. The number of pyridine rings is 1. The van der Waals surface area contributed by atoms with Crippen LogP contribution < -0.4 is 4.90 Å². The first-order chi connectivity index (χ1) is 8.50. The molecular formula is C14H21N3O. The summed E-state index contributed by atoms with van der Waals surface area (Å²) in [6.45, 7) is 4.58. The number of rotatable bonds is 2. The highest BCUT2D eigenvalue weighted by Crippen LogP contribution is 2.32. The molecule has 2 rings (SSSR count). The molecule has 0 saturated carbocycles. The third kappa shape index (κ3) is 2.33. The lowest BCUT2D eigenvalue weighted by Gasteiger charge is -2.24. The Hall–Kier alpha value is -1.58. The molecule has 0 spiro atoms. The molecule has 0 N–H and O–H groups in total. The molecule has 98 valence electrons. The molecule has 2 heterocycles. The maximum absolute atomic E-state index is 11.6. The van der Waals surface area contributed by atoms with Crippen LogP contribution in [0, 0.1) is 6.92 Å². The molecule has 0 aliphatic carbocycles. The van der Waals surface area contributed by atoms with Crippen molar-refractivity contribution >= 4 is 11.7 Å². The zero-order chi connectivity index (χ0) is 13.3. The predicted molar refractivity (Wildman–Crippen MR) is 72.7 cm³/mol. The van der Waals surface area contributed by atoms with Crippen molar-refractivity contribution < 1.29 is 4.79 Å². The van der Waals surface area contributed by atoms with E-state index in [1.165, 1.54) is 0 Å². The van der Waals surface area contributed by atoms with E-state index in [0.29, 0.717) is 0 Å². The summed E-state index contributed by atoms with van der Waals surface area (Å²) in [7, 11) is 3.99. The molecule has 1 aromatic heterocycles. The van der Waals surface area contributed by atoms with Crippen LogP contribution in [-0.4, -0.2) is 36.4 Å². The summed E-state index contributed by atoms with van der Waals surface area (Å²) < 4.78 is 0. The van der Waals surface area contributed by atoms with Gasteiger partial charge < -0.3 is 9.80 Å². The van der Waals surface area contributed by atoms with Gasteiger partial charge in [-0.05, 0) is 37.0 Å². The quantitative estimate of drug-likeness (QED) is 0.803. The number of aryl methyl sites for hydroxylation is 1. The summed E-state index contributed by atoms with van der Waals surface area (Å²) >= 11 is 0. The lowest BCUT2D eigenvalue weighted by atomic mass is 10.0.